The van der Waals surface area contributed by atoms with E-state index in [0.29, 0.717) is 0 Å². The number of rotatable bonds is 6. The summed E-state index contributed by atoms with van der Waals surface area (Å²) in [5.41, 5.74) is -4.12. The summed E-state index contributed by atoms with van der Waals surface area (Å²) in [5.74, 6) is -1.30. The van der Waals surface area contributed by atoms with Gasteiger partial charge in [-0.15, -0.1) is 5.10 Å². The smallest absolute Gasteiger partial charge is 0.418 e. The Morgan fingerprint density at radius 3 is 2.46 bits per heavy atom. The summed E-state index contributed by atoms with van der Waals surface area (Å²) in [6, 6.07) is 3.11. The van der Waals surface area contributed by atoms with Crippen LogP contribution in [0.5, 0.6) is 5.75 Å². The molecule has 3 atom stereocenters. The number of nitrogens with one attached hydrogen (secondary N) is 1. The Bertz CT molecular complexity index is 1350. The van der Waals surface area contributed by atoms with E-state index in [1.807, 2.05) is 0 Å². The SMILES string of the molecule is C[C@H]1C[C@@](O)(c2ccc(C(F)F)cn2)C[C@@H](COc2cc(C(F)(F)F)c3c(c2)c(F)nn3C2CC(C)(O)C2)N1. The molecule has 3 aromatic rings. The van der Waals surface area contributed by atoms with Crippen molar-refractivity contribution in [3.05, 3.63) is 53.2 Å². The molecular formula is C26H28F6N4O3. The molecule has 39 heavy (non-hydrogen) atoms. The Labute approximate surface area is 219 Å². The van der Waals surface area contributed by atoms with Crippen molar-refractivity contribution in [3.8, 4) is 5.75 Å². The summed E-state index contributed by atoms with van der Waals surface area (Å²) in [7, 11) is 0. The maximum absolute atomic E-state index is 14.8. The predicted molar refractivity (Wildman–Crippen MR) is 128 cm³/mol. The summed E-state index contributed by atoms with van der Waals surface area (Å²) >= 11 is 0. The van der Waals surface area contributed by atoms with Gasteiger partial charge in [-0.25, -0.2) is 8.78 Å². The molecule has 2 aromatic heterocycles. The summed E-state index contributed by atoms with van der Waals surface area (Å²) < 4.78 is 89.4. The van der Waals surface area contributed by atoms with Crippen LogP contribution in [-0.2, 0) is 11.8 Å². The number of hydrogen-bond donors (Lipinski definition) is 3. The van der Waals surface area contributed by atoms with Crippen molar-refractivity contribution in [3.63, 3.8) is 0 Å². The van der Waals surface area contributed by atoms with E-state index in [9.17, 15) is 36.6 Å². The topological polar surface area (TPSA) is 92.4 Å². The van der Waals surface area contributed by atoms with Gasteiger partial charge in [0, 0.05) is 30.3 Å². The quantitative estimate of drug-likeness (QED) is 0.368. The van der Waals surface area contributed by atoms with Gasteiger partial charge in [0.15, 0.2) is 0 Å². The molecule has 0 radical (unpaired) electrons. The second-order valence-electron chi connectivity index (χ2n) is 11.0. The fourth-order valence-electron chi connectivity index (χ4n) is 5.74. The molecule has 1 saturated heterocycles. The third kappa shape index (κ3) is 5.44. The average molecular weight is 559 g/mol. The Kier molecular flexibility index (Phi) is 6.83. The van der Waals surface area contributed by atoms with Crippen LogP contribution in [0.1, 0.15) is 68.8 Å². The van der Waals surface area contributed by atoms with Gasteiger partial charge < -0.3 is 20.3 Å². The van der Waals surface area contributed by atoms with Gasteiger partial charge in [0.25, 0.3) is 6.43 Å². The number of nitrogens with zero attached hydrogens (tertiary/aromatic N) is 3. The van der Waals surface area contributed by atoms with E-state index < -0.39 is 52.9 Å². The van der Waals surface area contributed by atoms with Crippen LogP contribution in [0.3, 0.4) is 0 Å². The zero-order chi connectivity index (χ0) is 28.3. The number of alkyl halides is 5. The van der Waals surface area contributed by atoms with E-state index in [-0.39, 0.29) is 60.7 Å². The number of fused-ring (bicyclic) bond motifs is 1. The van der Waals surface area contributed by atoms with Gasteiger partial charge in [-0.1, -0.05) is 0 Å². The molecule has 0 spiro atoms. The minimum Gasteiger partial charge on any atom is -0.492 e. The van der Waals surface area contributed by atoms with Crippen LogP contribution in [0.4, 0.5) is 26.3 Å². The lowest BCUT2D eigenvalue weighted by Gasteiger charge is -2.41. The van der Waals surface area contributed by atoms with Crippen LogP contribution in [0.2, 0.25) is 0 Å². The lowest BCUT2D eigenvalue weighted by atomic mass is 9.77. The lowest BCUT2D eigenvalue weighted by Crippen LogP contribution is -2.53. The summed E-state index contributed by atoms with van der Waals surface area (Å²) in [6.07, 6.45) is -5.95. The first-order chi connectivity index (χ1) is 18.1. The van der Waals surface area contributed by atoms with Gasteiger partial charge in [-0.2, -0.15) is 17.6 Å². The van der Waals surface area contributed by atoms with Crippen LogP contribution < -0.4 is 10.1 Å². The number of aliphatic hydroxyl groups is 2. The third-order valence-electron chi connectivity index (χ3n) is 7.45. The zero-order valence-electron chi connectivity index (χ0n) is 21.1. The van der Waals surface area contributed by atoms with Gasteiger partial charge in [0.1, 0.15) is 18.0 Å². The first kappa shape index (κ1) is 27.7. The molecule has 13 heteroatoms. The maximum Gasteiger partial charge on any atom is 0.418 e. The van der Waals surface area contributed by atoms with Crippen molar-refractivity contribution in [2.75, 3.05) is 6.61 Å². The maximum atomic E-state index is 14.8. The molecule has 3 heterocycles. The largest absolute Gasteiger partial charge is 0.492 e. The molecular weight excluding hydrogens is 530 g/mol. The van der Waals surface area contributed by atoms with Crippen LogP contribution >= 0.6 is 0 Å². The number of aromatic nitrogens is 3. The minimum atomic E-state index is -4.83. The van der Waals surface area contributed by atoms with Gasteiger partial charge in [-0.3, -0.25) is 9.67 Å². The fraction of sp³-hybridized carbons (Fsp3) is 0.538. The molecule has 5 rings (SSSR count). The molecule has 212 valence electrons. The zero-order valence-corrected chi connectivity index (χ0v) is 21.1. The van der Waals surface area contributed by atoms with Crippen LogP contribution in [0, 0.1) is 5.95 Å². The van der Waals surface area contributed by atoms with E-state index in [1.54, 1.807) is 13.8 Å². The molecule has 2 aliphatic rings. The Hall–Kier alpha value is -2.90. The first-order valence-corrected chi connectivity index (χ1v) is 12.5. The highest BCUT2D eigenvalue weighted by Crippen LogP contribution is 2.45. The van der Waals surface area contributed by atoms with Crippen molar-refractivity contribution >= 4 is 10.9 Å². The second kappa shape index (κ2) is 9.63. The summed E-state index contributed by atoms with van der Waals surface area (Å²) in [4.78, 5) is 4.01. The van der Waals surface area contributed by atoms with E-state index in [4.69, 9.17) is 4.74 Å². The normalized spacial score (nSPS) is 29.6. The Morgan fingerprint density at radius 2 is 1.87 bits per heavy atom. The third-order valence-corrected chi connectivity index (χ3v) is 7.45. The van der Waals surface area contributed by atoms with Gasteiger partial charge in [0.2, 0.25) is 5.95 Å². The molecule has 1 aliphatic carbocycles. The fourth-order valence-corrected chi connectivity index (χ4v) is 5.74. The standard InChI is InChI=1S/C26H28F6N4O3/c1-13-7-25(38,20-4-3-14(11-33-20)22(27)28)8-15(34-13)12-39-17-5-18-21(19(6-17)26(30,31)32)36(35-23(18)29)16-9-24(2,37)10-16/h3-6,11,13,15-16,22,34,37-38H,7-10,12H2,1-2H3/t13-,15-,16?,24?,25-/m0/s1. The molecule has 3 N–H and O–H groups in total. The van der Waals surface area contributed by atoms with Crippen molar-refractivity contribution in [1.29, 1.82) is 0 Å². The van der Waals surface area contributed by atoms with Gasteiger partial charge >= 0.3 is 6.18 Å². The number of ether oxygens (including phenoxy) is 1. The van der Waals surface area contributed by atoms with Crippen molar-refractivity contribution in [1.82, 2.24) is 20.1 Å². The number of hydrogen-bond acceptors (Lipinski definition) is 6. The van der Waals surface area contributed by atoms with Crippen molar-refractivity contribution in [2.24, 2.45) is 0 Å². The molecule has 0 bridgehead atoms. The predicted octanol–water partition coefficient (Wildman–Crippen LogP) is 5.02. The molecule has 1 saturated carbocycles. The molecule has 1 aliphatic heterocycles. The monoisotopic (exact) mass is 558 g/mol. The van der Waals surface area contributed by atoms with E-state index in [1.165, 1.54) is 12.1 Å². The molecule has 0 amide bonds. The van der Waals surface area contributed by atoms with Crippen LogP contribution in [0.25, 0.3) is 10.9 Å². The average Bonchev–Trinajstić information content (AvgIpc) is 3.15. The molecule has 7 nitrogen and oxygen atoms in total. The van der Waals surface area contributed by atoms with Crippen LogP contribution in [0.15, 0.2) is 30.5 Å². The van der Waals surface area contributed by atoms with Crippen molar-refractivity contribution < 1.29 is 41.3 Å². The van der Waals surface area contributed by atoms with E-state index in [0.717, 1.165) is 23.0 Å². The molecule has 2 fully saturated rings. The van der Waals surface area contributed by atoms with Gasteiger partial charge in [-0.05, 0) is 57.4 Å². The first-order valence-electron chi connectivity index (χ1n) is 12.5. The Balaban J connectivity index is 1.38. The minimum absolute atomic E-state index is 0.0562. The number of piperidine rings is 1. The van der Waals surface area contributed by atoms with Gasteiger partial charge in [0.05, 0.1) is 33.8 Å². The summed E-state index contributed by atoms with van der Waals surface area (Å²) in [5, 5.41) is 27.9. The van der Waals surface area contributed by atoms with Crippen LogP contribution in [-0.4, -0.2) is 49.3 Å². The summed E-state index contributed by atoms with van der Waals surface area (Å²) in [6.45, 7) is 3.18. The highest BCUT2D eigenvalue weighted by atomic mass is 19.4. The highest BCUT2D eigenvalue weighted by molar-refractivity contribution is 5.85. The Morgan fingerprint density at radius 1 is 1.15 bits per heavy atom. The highest BCUT2D eigenvalue weighted by Gasteiger charge is 2.44. The molecule has 1 aromatic carbocycles. The van der Waals surface area contributed by atoms with E-state index >= 15 is 0 Å². The second-order valence-corrected chi connectivity index (χ2v) is 11.0. The van der Waals surface area contributed by atoms with E-state index in [2.05, 4.69) is 15.4 Å². The lowest BCUT2D eigenvalue weighted by molar-refractivity contribution is -0.136. The number of pyridine rings is 1. The van der Waals surface area contributed by atoms with Crippen molar-refractivity contribution in [2.45, 2.75) is 81.5 Å². The molecule has 0 unspecified atom stereocenters. The number of benzene rings is 1. The number of halogens is 6.